The molecule has 8 nitrogen and oxygen atoms in total. The van der Waals surface area contributed by atoms with Crippen LogP contribution in [0.4, 0.5) is 22.0 Å². The monoisotopic (exact) mass is 580 g/mol. The second kappa shape index (κ2) is 11.1. The number of nitrogens with zero attached hydrogens (tertiary/aromatic N) is 3. The van der Waals surface area contributed by atoms with Crippen molar-refractivity contribution in [2.24, 2.45) is 4.99 Å². The van der Waals surface area contributed by atoms with E-state index in [4.69, 9.17) is 4.74 Å². The van der Waals surface area contributed by atoms with E-state index >= 15 is 0 Å². The number of rotatable bonds is 7. The highest BCUT2D eigenvalue weighted by atomic mass is 32.1. The Labute approximate surface area is 226 Å². The maximum absolute atomic E-state index is 14.1. The summed E-state index contributed by atoms with van der Waals surface area (Å²) in [5.74, 6) is -0.189. The van der Waals surface area contributed by atoms with Crippen molar-refractivity contribution < 1.29 is 31.8 Å². The number of aromatic nitrogens is 3. The Hall–Kier alpha value is -4.17. The van der Waals surface area contributed by atoms with Gasteiger partial charge in [-0.1, -0.05) is 12.6 Å². The molecule has 0 spiro atoms. The highest BCUT2D eigenvalue weighted by Gasteiger charge is 2.39. The van der Waals surface area contributed by atoms with Crippen molar-refractivity contribution >= 4 is 40.5 Å². The molecule has 210 valence electrons. The molecule has 4 rings (SSSR count). The fourth-order valence-corrected chi connectivity index (χ4v) is 5.14. The van der Waals surface area contributed by atoms with Gasteiger partial charge in [0, 0.05) is 34.3 Å². The Morgan fingerprint density at radius 1 is 1.27 bits per heavy atom. The normalized spacial score (nSPS) is 13.6. The number of aromatic amines is 1. The molecule has 0 fully saturated rings. The third-order valence-electron chi connectivity index (χ3n) is 5.87. The lowest BCUT2D eigenvalue weighted by molar-refractivity contribution is -0.207. The standard InChI is InChI=1S/C26H21F5N4O4S/c1-4-32-9-14-7-16(6-5-12(14)2)39-23-17(21(27)28)8-15(10-33-23)20-13(3)19-22(37)34-25(38)35(24(19)40-20)11-18(36)26(29,30)31/h4-10,18,21,36H,2,11H2,1,3H3,(H,34,37,38)/b14-9-,32-4?/t18-/m1/s1. The summed E-state index contributed by atoms with van der Waals surface area (Å²) >= 11 is 0.740. The Morgan fingerprint density at radius 2 is 2.00 bits per heavy atom. The minimum Gasteiger partial charge on any atom is -0.439 e. The van der Waals surface area contributed by atoms with E-state index in [1.807, 2.05) is 4.98 Å². The third kappa shape index (κ3) is 5.72. The van der Waals surface area contributed by atoms with Crippen molar-refractivity contribution in [2.45, 2.75) is 39.1 Å². The van der Waals surface area contributed by atoms with E-state index in [1.165, 1.54) is 25.4 Å². The topological polar surface area (TPSA) is 110 Å². The number of pyridine rings is 1. The molecule has 0 aliphatic heterocycles. The minimum absolute atomic E-state index is 0.111. The van der Waals surface area contributed by atoms with Crippen LogP contribution in [0.2, 0.25) is 0 Å². The van der Waals surface area contributed by atoms with Crippen molar-refractivity contribution in [3.05, 3.63) is 72.9 Å². The number of benzene rings is 1. The Morgan fingerprint density at radius 3 is 2.65 bits per heavy atom. The van der Waals surface area contributed by atoms with Gasteiger partial charge in [-0.05, 0) is 42.8 Å². The molecule has 1 atom stereocenters. The molecule has 0 aliphatic rings. The van der Waals surface area contributed by atoms with Gasteiger partial charge in [0.1, 0.15) is 10.6 Å². The lowest BCUT2D eigenvalue weighted by Gasteiger charge is -2.15. The van der Waals surface area contributed by atoms with Crippen LogP contribution in [0.3, 0.4) is 0 Å². The van der Waals surface area contributed by atoms with E-state index in [0.717, 1.165) is 17.4 Å². The summed E-state index contributed by atoms with van der Waals surface area (Å²) in [4.78, 5) is 34.9. The van der Waals surface area contributed by atoms with Crippen LogP contribution in [0.5, 0.6) is 11.6 Å². The van der Waals surface area contributed by atoms with E-state index in [2.05, 4.69) is 16.6 Å². The zero-order chi connectivity index (χ0) is 29.4. The number of fused-ring (bicyclic) bond motifs is 1. The average Bonchev–Trinajstić information content (AvgIpc) is 3.23. The molecule has 40 heavy (non-hydrogen) atoms. The van der Waals surface area contributed by atoms with Crippen LogP contribution >= 0.6 is 11.3 Å². The smallest absolute Gasteiger partial charge is 0.416 e. The molecule has 0 aliphatic carbocycles. The largest absolute Gasteiger partial charge is 0.439 e. The average molecular weight is 581 g/mol. The number of H-pyrrole nitrogens is 1. The number of aliphatic imine (C=N–C) groups is 1. The van der Waals surface area contributed by atoms with Crippen molar-refractivity contribution in [1.82, 2.24) is 14.5 Å². The van der Waals surface area contributed by atoms with Gasteiger partial charge in [0.05, 0.1) is 17.5 Å². The number of alkyl halides is 5. The van der Waals surface area contributed by atoms with Crippen LogP contribution in [0.25, 0.3) is 33.4 Å². The number of aryl methyl sites for hydroxylation is 1. The lowest BCUT2D eigenvalue weighted by atomic mass is 10.1. The number of ether oxygens (including phenoxy) is 1. The van der Waals surface area contributed by atoms with E-state index in [-0.39, 0.29) is 37.9 Å². The first-order valence-corrected chi connectivity index (χ1v) is 12.4. The van der Waals surface area contributed by atoms with Gasteiger partial charge in [0.2, 0.25) is 5.88 Å². The number of aliphatic hydroxyl groups is 1. The summed E-state index contributed by atoms with van der Waals surface area (Å²) in [5, 5.41) is 10.6. The summed E-state index contributed by atoms with van der Waals surface area (Å²) in [7, 11) is 0. The number of halogens is 5. The molecule has 3 aromatic heterocycles. The van der Waals surface area contributed by atoms with Gasteiger partial charge in [-0.15, -0.1) is 11.3 Å². The number of nitrogens with one attached hydrogen (secondary N) is 1. The van der Waals surface area contributed by atoms with E-state index in [0.29, 0.717) is 15.0 Å². The Balaban J connectivity index is 1.81. The fourth-order valence-electron chi connectivity index (χ4n) is 3.85. The van der Waals surface area contributed by atoms with Crippen LogP contribution in [-0.4, -0.2) is 38.1 Å². The molecule has 3 heterocycles. The van der Waals surface area contributed by atoms with Gasteiger partial charge < -0.3 is 9.84 Å². The molecular weight excluding hydrogens is 559 g/mol. The van der Waals surface area contributed by atoms with E-state index in [9.17, 15) is 36.6 Å². The molecule has 0 unspecified atom stereocenters. The molecule has 0 saturated heterocycles. The van der Waals surface area contributed by atoms with Crippen molar-refractivity contribution in [3.63, 3.8) is 0 Å². The van der Waals surface area contributed by atoms with Gasteiger partial charge in [0.25, 0.3) is 12.0 Å². The van der Waals surface area contributed by atoms with E-state index in [1.54, 1.807) is 25.3 Å². The van der Waals surface area contributed by atoms with Crippen molar-refractivity contribution in [3.8, 4) is 22.1 Å². The Bertz CT molecular complexity index is 1840. The summed E-state index contributed by atoms with van der Waals surface area (Å²) in [5.41, 5.74) is -2.25. The number of hydrogen-bond acceptors (Lipinski definition) is 7. The van der Waals surface area contributed by atoms with E-state index < -0.39 is 42.1 Å². The molecule has 1 aromatic carbocycles. The highest BCUT2D eigenvalue weighted by molar-refractivity contribution is 7.22. The van der Waals surface area contributed by atoms with Gasteiger partial charge in [-0.2, -0.15) is 13.2 Å². The van der Waals surface area contributed by atoms with Gasteiger partial charge in [-0.25, -0.2) is 18.6 Å². The molecule has 0 radical (unpaired) electrons. The van der Waals surface area contributed by atoms with Crippen LogP contribution in [-0.2, 0) is 6.54 Å². The molecule has 14 heteroatoms. The predicted octanol–water partition coefficient (Wildman–Crippen LogP) is 4.01. The number of thiophene rings is 1. The third-order valence-corrected chi connectivity index (χ3v) is 7.23. The second-order valence-electron chi connectivity index (χ2n) is 8.58. The predicted molar refractivity (Wildman–Crippen MR) is 142 cm³/mol. The molecule has 0 amide bonds. The summed E-state index contributed by atoms with van der Waals surface area (Å²) in [6, 6.07) is 5.79. The molecule has 2 N–H and O–H groups in total. The first-order valence-electron chi connectivity index (χ1n) is 11.6. The summed E-state index contributed by atoms with van der Waals surface area (Å²) < 4.78 is 73.3. The maximum atomic E-state index is 14.1. The van der Waals surface area contributed by atoms with Gasteiger partial charge >= 0.3 is 11.9 Å². The van der Waals surface area contributed by atoms with Crippen LogP contribution in [0.15, 0.2) is 45.0 Å². The molecule has 0 saturated carbocycles. The fraction of sp³-hybridized carbons (Fsp3) is 0.231. The lowest BCUT2D eigenvalue weighted by Crippen LogP contribution is -2.38. The van der Waals surface area contributed by atoms with Crippen LogP contribution in [0.1, 0.15) is 24.5 Å². The maximum Gasteiger partial charge on any atom is 0.416 e. The van der Waals surface area contributed by atoms with Crippen molar-refractivity contribution in [1.29, 1.82) is 0 Å². The minimum atomic E-state index is -5.01. The summed E-state index contributed by atoms with van der Waals surface area (Å²) in [6.07, 6.45) is -6.62. The molecule has 4 aromatic rings. The first kappa shape index (κ1) is 28.8. The van der Waals surface area contributed by atoms with Crippen LogP contribution < -0.4 is 26.4 Å². The zero-order valence-electron chi connectivity index (χ0n) is 20.9. The highest BCUT2D eigenvalue weighted by Crippen LogP contribution is 2.39. The molecule has 0 bridgehead atoms. The first-order chi connectivity index (χ1) is 18.8. The second-order valence-corrected chi connectivity index (χ2v) is 9.58. The zero-order valence-corrected chi connectivity index (χ0v) is 21.7. The number of aliphatic hydroxyl groups excluding tert-OH is 1. The van der Waals surface area contributed by atoms with Gasteiger partial charge in [-0.3, -0.25) is 19.3 Å². The SMILES string of the molecule is C=c1ccc(Oc2ncc(-c3sc4c(c3C)c(=O)[nH]c(=O)n4C[C@@H](O)C(F)(F)F)cc2C(F)F)c/c1=C/N=CC. The van der Waals surface area contributed by atoms with Gasteiger partial charge in [0.15, 0.2) is 6.10 Å². The quantitative estimate of drug-likeness (QED) is 0.254. The number of hydrogen-bond donors (Lipinski definition) is 2. The molecular formula is C26H21F5N4O4S. The van der Waals surface area contributed by atoms with Crippen LogP contribution in [0, 0.1) is 6.92 Å². The summed E-state index contributed by atoms with van der Waals surface area (Å²) in [6.45, 7) is 5.89. The van der Waals surface area contributed by atoms with Crippen molar-refractivity contribution in [2.75, 3.05) is 0 Å². The Kier molecular flexibility index (Phi) is 8.03.